The number of fused-ring (bicyclic) bond motifs is 1. The molecule has 0 bridgehead atoms. The highest BCUT2D eigenvalue weighted by Crippen LogP contribution is 2.32. The number of benzene rings is 1. The van der Waals surface area contributed by atoms with E-state index in [1.807, 2.05) is 36.7 Å². The molecule has 2 heterocycles. The fourth-order valence-corrected chi connectivity index (χ4v) is 3.50. The lowest BCUT2D eigenvalue weighted by Gasteiger charge is -2.18. The van der Waals surface area contributed by atoms with Gasteiger partial charge in [0.2, 0.25) is 0 Å². The number of ether oxygens (including phenoxy) is 2. The van der Waals surface area contributed by atoms with Gasteiger partial charge in [-0.3, -0.25) is 0 Å². The number of hydrogen-bond donors (Lipinski definition) is 2. The molecule has 0 saturated heterocycles. The van der Waals surface area contributed by atoms with Gasteiger partial charge in [0.1, 0.15) is 12.4 Å². The molecule has 29 heavy (non-hydrogen) atoms. The predicted octanol–water partition coefficient (Wildman–Crippen LogP) is 3.40. The van der Waals surface area contributed by atoms with Gasteiger partial charge in [-0.25, -0.2) is 4.99 Å². The minimum atomic E-state index is 0. The van der Waals surface area contributed by atoms with Crippen molar-refractivity contribution in [1.29, 1.82) is 0 Å². The number of guanidine groups is 1. The number of hydrogen-bond acceptors (Lipinski definition) is 5. The van der Waals surface area contributed by atoms with Crippen LogP contribution < -0.4 is 20.1 Å². The lowest BCUT2D eigenvalue weighted by Crippen LogP contribution is -2.37. The quantitative estimate of drug-likeness (QED) is 0.371. The maximum atomic E-state index is 5.81. The zero-order valence-electron chi connectivity index (χ0n) is 17.0. The molecule has 8 nitrogen and oxygen atoms in total. The van der Waals surface area contributed by atoms with Crippen molar-refractivity contribution in [3.8, 4) is 11.5 Å². The van der Waals surface area contributed by atoms with Crippen LogP contribution in [0, 0.1) is 6.92 Å². The predicted molar refractivity (Wildman–Crippen MR) is 123 cm³/mol. The van der Waals surface area contributed by atoms with E-state index in [1.54, 1.807) is 0 Å². The average Bonchev–Trinajstić information content (AvgIpc) is 3.24. The van der Waals surface area contributed by atoms with Crippen LogP contribution in [0.5, 0.6) is 11.5 Å². The van der Waals surface area contributed by atoms with Crippen molar-refractivity contribution >= 4 is 35.6 Å². The summed E-state index contributed by atoms with van der Waals surface area (Å²) in [4.78, 5) is 4.76. The number of aliphatic imine (C=N–C) groups is 1. The zero-order valence-corrected chi connectivity index (χ0v) is 19.3. The van der Waals surface area contributed by atoms with Crippen LogP contribution in [-0.2, 0) is 13.6 Å². The molecule has 2 N–H and O–H groups in total. The second kappa shape index (κ2) is 10.1. The maximum Gasteiger partial charge on any atom is 0.196 e. The molecule has 1 aliphatic heterocycles. The van der Waals surface area contributed by atoms with Crippen LogP contribution >= 0.6 is 24.0 Å². The smallest absolute Gasteiger partial charge is 0.196 e. The van der Waals surface area contributed by atoms with Crippen LogP contribution in [0.15, 0.2) is 23.2 Å². The van der Waals surface area contributed by atoms with Crippen molar-refractivity contribution in [3.63, 3.8) is 0 Å². The summed E-state index contributed by atoms with van der Waals surface area (Å²) >= 11 is 0. The van der Waals surface area contributed by atoms with Crippen molar-refractivity contribution in [3.05, 3.63) is 29.8 Å². The van der Waals surface area contributed by atoms with E-state index in [1.165, 1.54) is 25.7 Å². The number of rotatable bonds is 4. The molecule has 0 atom stereocenters. The van der Waals surface area contributed by atoms with Crippen molar-refractivity contribution in [2.75, 3.05) is 18.5 Å². The monoisotopic (exact) mass is 512 g/mol. The first kappa shape index (κ1) is 21.7. The van der Waals surface area contributed by atoms with Gasteiger partial charge in [0.15, 0.2) is 23.3 Å². The van der Waals surface area contributed by atoms with E-state index < -0.39 is 0 Å². The molecule has 0 spiro atoms. The topological polar surface area (TPSA) is 85.6 Å². The molecule has 2 aromatic rings. The number of aromatic nitrogens is 3. The van der Waals surface area contributed by atoms with Crippen molar-refractivity contribution in [2.45, 2.75) is 51.6 Å². The number of halogens is 1. The Morgan fingerprint density at radius 3 is 2.62 bits per heavy atom. The number of nitrogens with zero attached hydrogens (tertiary/aromatic N) is 4. The van der Waals surface area contributed by atoms with E-state index in [-0.39, 0.29) is 24.0 Å². The van der Waals surface area contributed by atoms with E-state index in [9.17, 15) is 0 Å². The molecule has 9 heteroatoms. The first-order chi connectivity index (χ1) is 13.7. The summed E-state index contributed by atoms with van der Waals surface area (Å²) in [5.41, 5.74) is 0.919. The summed E-state index contributed by atoms with van der Waals surface area (Å²) in [6, 6.07) is 6.36. The van der Waals surface area contributed by atoms with Gasteiger partial charge in [-0.05, 0) is 31.9 Å². The molecule has 1 aromatic carbocycles. The molecule has 2 aliphatic rings. The van der Waals surface area contributed by atoms with Gasteiger partial charge in [-0.2, -0.15) is 0 Å². The number of aryl methyl sites for hydroxylation is 1. The Hall–Kier alpha value is -2.04. The molecule has 1 aromatic heterocycles. The summed E-state index contributed by atoms with van der Waals surface area (Å²) in [6.45, 7) is 3.76. The largest absolute Gasteiger partial charge is 0.490 e. The number of nitrogens with one attached hydrogen (secondary N) is 2. The lowest BCUT2D eigenvalue weighted by atomic mass is 10.2. The Bertz CT molecular complexity index is 847. The van der Waals surface area contributed by atoms with Crippen molar-refractivity contribution in [1.82, 2.24) is 20.1 Å². The van der Waals surface area contributed by atoms with Gasteiger partial charge in [0.05, 0.1) is 13.2 Å². The first-order valence-electron chi connectivity index (χ1n) is 10.0. The van der Waals surface area contributed by atoms with Gasteiger partial charge in [-0.1, -0.05) is 12.8 Å². The van der Waals surface area contributed by atoms with Gasteiger partial charge < -0.3 is 24.7 Å². The summed E-state index contributed by atoms with van der Waals surface area (Å²) in [5, 5.41) is 15.3. The highest BCUT2D eigenvalue weighted by atomic mass is 127. The van der Waals surface area contributed by atoms with E-state index >= 15 is 0 Å². The van der Waals surface area contributed by atoms with Crippen LogP contribution in [0.4, 0.5) is 5.69 Å². The SMILES string of the molecule is Cc1nnc(CN=C(Nc2ccc3c(c2)OCCCO3)NC2CCCC2)n1C.I. The summed E-state index contributed by atoms with van der Waals surface area (Å²) in [7, 11) is 1.96. The standard InChI is InChI=1S/C20H28N6O2.HI/c1-14-24-25-19(26(14)2)13-21-20(22-15-6-3-4-7-15)23-16-8-9-17-18(12-16)28-11-5-10-27-17;/h8-9,12,15H,3-7,10-11,13H2,1-2H3,(H2,21,22,23);1H. The molecule has 1 fully saturated rings. The minimum absolute atomic E-state index is 0. The molecule has 0 radical (unpaired) electrons. The summed E-state index contributed by atoms with van der Waals surface area (Å²) in [6.07, 6.45) is 5.76. The van der Waals surface area contributed by atoms with Crippen LogP contribution in [0.1, 0.15) is 43.8 Å². The van der Waals surface area contributed by atoms with Gasteiger partial charge in [-0.15, -0.1) is 34.2 Å². The second-order valence-electron chi connectivity index (χ2n) is 7.35. The fraction of sp³-hybridized carbons (Fsp3) is 0.550. The third-order valence-corrected chi connectivity index (χ3v) is 5.27. The van der Waals surface area contributed by atoms with Crippen molar-refractivity contribution < 1.29 is 9.47 Å². The molecule has 158 valence electrons. The summed E-state index contributed by atoms with van der Waals surface area (Å²) < 4.78 is 13.5. The van der Waals surface area contributed by atoms with Crippen LogP contribution in [0.25, 0.3) is 0 Å². The highest BCUT2D eigenvalue weighted by Gasteiger charge is 2.17. The Morgan fingerprint density at radius 1 is 1.14 bits per heavy atom. The normalized spacial score (nSPS) is 16.8. The van der Waals surface area contributed by atoms with Gasteiger partial charge in [0.25, 0.3) is 0 Å². The Balaban J connectivity index is 0.00000240. The Kier molecular flexibility index (Phi) is 7.57. The molecule has 0 unspecified atom stereocenters. The Morgan fingerprint density at radius 2 is 1.90 bits per heavy atom. The van der Waals surface area contributed by atoms with Gasteiger partial charge >= 0.3 is 0 Å². The number of anilines is 1. The van der Waals surface area contributed by atoms with Crippen LogP contribution in [0.3, 0.4) is 0 Å². The molecular formula is C20H29IN6O2. The fourth-order valence-electron chi connectivity index (χ4n) is 3.50. The van der Waals surface area contributed by atoms with E-state index in [4.69, 9.17) is 14.5 Å². The second-order valence-corrected chi connectivity index (χ2v) is 7.35. The van der Waals surface area contributed by atoms with Gasteiger partial charge in [0, 0.05) is 31.3 Å². The maximum absolute atomic E-state index is 5.81. The Labute approximate surface area is 188 Å². The van der Waals surface area contributed by atoms with Crippen LogP contribution in [-0.4, -0.2) is 40.0 Å². The van der Waals surface area contributed by atoms with Crippen molar-refractivity contribution in [2.24, 2.45) is 12.0 Å². The molecule has 1 aliphatic carbocycles. The van der Waals surface area contributed by atoms with E-state index in [0.717, 1.165) is 41.2 Å². The lowest BCUT2D eigenvalue weighted by molar-refractivity contribution is 0.297. The minimum Gasteiger partial charge on any atom is -0.490 e. The summed E-state index contributed by atoms with van der Waals surface area (Å²) in [5.74, 6) is 4.03. The zero-order chi connectivity index (χ0) is 19.3. The van der Waals surface area contributed by atoms with E-state index in [0.29, 0.717) is 25.8 Å². The molecule has 4 rings (SSSR count). The molecular weight excluding hydrogens is 483 g/mol. The first-order valence-corrected chi connectivity index (χ1v) is 10.0. The highest BCUT2D eigenvalue weighted by molar-refractivity contribution is 14.0. The van der Waals surface area contributed by atoms with E-state index in [2.05, 4.69) is 20.8 Å². The molecule has 1 saturated carbocycles. The van der Waals surface area contributed by atoms with Crippen LogP contribution in [0.2, 0.25) is 0 Å². The molecule has 0 amide bonds. The average molecular weight is 512 g/mol. The third kappa shape index (κ3) is 5.52. The third-order valence-electron chi connectivity index (χ3n) is 5.27.